The van der Waals surface area contributed by atoms with Gasteiger partial charge in [-0.05, 0) is 18.6 Å². The minimum Gasteiger partial charge on any atom is -0.481 e. The van der Waals surface area contributed by atoms with Gasteiger partial charge < -0.3 is 10.4 Å². The summed E-state index contributed by atoms with van der Waals surface area (Å²) in [5.41, 5.74) is 1.22. The van der Waals surface area contributed by atoms with Gasteiger partial charge in [0.1, 0.15) is 0 Å². The Kier molecular flexibility index (Phi) is 6.63. The number of nitrogens with one attached hydrogen (secondary N) is 1. The van der Waals surface area contributed by atoms with Crippen molar-refractivity contribution < 1.29 is 14.7 Å². The molecule has 0 aromatic heterocycles. The van der Waals surface area contributed by atoms with Crippen molar-refractivity contribution in [3.05, 3.63) is 36.0 Å². The van der Waals surface area contributed by atoms with Crippen LogP contribution in [0.3, 0.4) is 0 Å². The van der Waals surface area contributed by atoms with Gasteiger partial charge in [0.05, 0.1) is 12.5 Å². The van der Waals surface area contributed by atoms with Crippen molar-refractivity contribution in [1.82, 2.24) is 5.32 Å². The number of aliphatic carboxylic acids is 1. The molecule has 1 saturated heterocycles. The minimum absolute atomic E-state index is 0.0973. The zero-order valence-electron chi connectivity index (χ0n) is 10.5. The summed E-state index contributed by atoms with van der Waals surface area (Å²) in [5.74, 6) is -1.17. The second-order valence-corrected chi connectivity index (χ2v) is 3.18. The molecule has 1 aliphatic heterocycles. The van der Waals surface area contributed by atoms with Gasteiger partial charge in [-0.2, -0.15) is 0 Å². The Hall–Kier alpha value is -1.84. The molecule has 1 aliphatic rings. The number of rotatable bonds is 3. The molecule has 0 bridgehead atoms. The molecule has 0 spiro atoms. The first-order valence-electron chi connectivity index (χ1n) is 5.62. The standard InChI is InChI=1S/C11H13NO3.C2H6/c1-3-5-8-7(4-2)9(6-10(13)14)12-11(8)15;1-2/h3-5,9H,1,6H2,2H3,(H,12,15)(H,13,14);1-2H3/b7-4+,8-5+;/t9-;/m0./s1. The molecule has 0 aromatic rings. The molecule has 1 fully saturated rings. The van der Waals surface area contributed by atoms with Crippen molar-refractivity contribution in [2.75, 3.05) is 0 Å². The summed E-state index contributed by atoms with van der Waals surface area (Å²) in [4.78, 5) is 22.0. The molecule has 1 atom stereocenters. The van der Waals surface area contributed by atoms with E-state index in [0.717, 1.165) is 5.57 Å². The second-order valence-electron chi connectivity index (χ2n) is 3.18. The number of hydrogen-bond donors (Lipinski definition) is 2. The molecule has 0 saturated carbocycles. The van der Waals surface area contributed by atoms with Crippen LogP contribution >= 0.6 is 0 Å². The first-order valence-corrected chi connectivity index (χ1v) is 5.62. The van der Waals surface area contributed by atoms with E-state index in [1.807, 2.05) is 13.8 Å². The molecule has 1 amide bonds. The molecule has 0 aliphatic carbocycles. The largest absolute Gasteiger partial charge is 0.481 e. The van der Waals surface area contributed by atoms with E-state index in [-0.39, 0.29) is 12.3 Å². The lowest BCUT2D eigenvalue weighted by Gasteiger charge is -2.07. The van der Waals surface area contributed by atoms with Crippen LogP contribution in [0.2, 0.25) is 0 Å². The fraction of sp³-hybridized carbons (Fsp3) is 0.385. The maximum absolute atomic E-state index is 11.5. The summed E-state index contributed by atoms with van der Waals surface area (Å²) < 4.78 is 0. The van der Waals surface area contributed by atoms with E-state index in [0.29, 0.717) is 5.57 Å². The van der Waals surface area contributed by atoms with Crippen LogP contribution in [-0.2, 0) is 9.59 Å². The third kappa shape index (κ3) is 3.90. The van der Waals surface area contributed by atoms with E-state index in [1.165, 1.54) is 6.08 Å². The molecule has 0 unspecified atom stereocenters. The number of carbonyl (C=O) groups is 2. The highest BCUT2D eigenvalue weighted by atomic mass is 16.4. The van der Waals surface area contributed by atoms with E-state index >= 15 is 0 Å². The van der Waals surface area contributed by atoms with Gasteiger partial charge in [-0.25, -0.2) is 0 Å². The maximum atomic E-state index is 11.5. The van der Waals surface area contributed by atoms with E-state index < -0.39 is 12.0 Å². The molecule has 4 heteroatoms. The Morgan fingerprint density at radius 1 is 1.53 bits per heavy atom. The van der Waals surface area contributed by atoms with Crippen molar-refractivity contribution in [3.63, 3.8) is 0 Å². The maximum Gasteiger partial charge on any atom is 0.305 e. The fourth-order valence-corrected chi connectivity index (χ4v) is 1.61. The lowest BCUT2D eigenvalue weighted by atomic mass is 10.0. The second kappa shape index (κ2) is 7.44. The molecule has 94 valence electrons. The van der Waals surface area contributed by atoms with Crippen LogP contribution in [0.15, 0.2) is 36.0 Å². The van der Waals surface area contributed by atoms with E-state index in [2.05, 4.69) is 11.9 Å². The van der Waals surface area contributed by atoms with Gasteiger partial charge in [-0.15, -0.1) is 0 Å². The number of hydrogen-bond acceptors (Lipinski definition) is 2. The van der Waals surface area contributed by atoms with Crippen LogP contribution < -0.4 is 5.32 Å². The normalized spacial score (nSPS) is 23.0. The summed E-state index contributed by atoms with van der Waals surface area (Å²) in [6.45, 7) is 9.29. The number of carboxylic acid groups (broad SMARTS) is 1. The van der Waals surface area contributed by atoms with Gasteiger partial charge in [0.15, 0.2) is 0 Å². The zero-order chi connectivity index (χ0) is 13.4. The van der Waals surface area contributed by atoms with Gasteiger partial charge in [0.25, 0.3) is 5.91 Å². The van der Waals surface area contributed by atoms with Crippen molar-refractivity contribution >= 4 is 11.9 Å². The predicted octanol–water partition coefficient (Wildman–Crippen LogP) is 2.04. The Morgan fingerprint density at radius 2 is 2.12 bits per heavy atom. The van der Waals surface area contributed by atoms with Crippen molar-refractivity contribution in [2.24, 2.45) is 0 Å². The summed E-state index contributed by atoms with van der Waals surface area (Å²) >= 11 is 0. The van der Waals surface area contributed by atoms with Crippen LogP contribution in [-0.4, -0.2) is 23.0 Å². The smallest absolute Gasteiger partial charge is 0.305 e. The molecule has 17 heavy (non-hydrogen) atoms. The predicted molar refractivity (Wildman–Crippen MR) is 67.6 cm³/mol. The summed E-state index contributed by atoms with van der Waals surface area (Å²) in [6.07, 6.45) is 4.76. The van der Waals surface area contributed by atoms with E-state index in [1.54, 1.807) is 19.1 Å². The first-order chi connectivity index (χ1) is 8.10. The van der Waals surface area contributed by atoms with E-state index in [9.17, 15) is 9.59 Å². The van der Waals surface area contributed by atoms with Crippen LogP contribution in [0.4, 0.5) is 0 Å². The number of carboxylic acids is 1. The Labute approximate surface area is 102 Å². The van der Waals surface area contributed by atoms with Crippen molar-refractivity contribution in [3.8, 4) is 0 Å². The quantitative estimate of drug-likeness (QED) is 0.738. The highest BCUT2D eigenvalue weighted by molar-refractivity contribution is 6.02. The van der Waals surface area contributed by atoms with Gasteiger partial charge in [-0.3, -0.25) is 9.59 Å². The summed E-state index contributed by atoms with van der Waals surface area (Å²) in [7, 11) is 0. The van der Waals surface area contributed by atoms with Crippen LogP contribution in [0.5, 0.6) is 0 Å². The fourth-order valence-electron chi connectivity index (χ4n) is 1.61. The van der Waals surface area contributed by atoms with Gasteiger partial charge in [0, 0.05) is 5.57 Å². The van der Waals surface area contributed by atoms with E-state index in [4.69, 9.17) is 5.11 Å². The SMILES string of the molecule is C=C/C=C1/C(=O)N[C@@H](CC(=O)O)/C1=C/C.CC. The molecule has 2 N–H and O–H groups in total. The Balaban J connectivity index is 0.00000121. The van der Waals surface area contributed by atoms with Crippen molar-refractivity contribution in [1.29, 1.82) is 0 Å². The zero-order valence-corrected chi connectivity index (χ0v) is 10.5. The average Bonchev–Trinajstić information content (AvgIpc) is 2.57. The van der Waals surface area contributed by atoms with Crippen LogP contribution in [0, 0.1) is 0 Å². The number of allylic oxidation sites excluding steroid dienone is 3. The highest BCUT2D eigenvalue weighted by Crippen LogP contribution is 2.24. The van der Waals surface area contributed by atoms with Gasteiger partial charge in [-0.1, -0.05) is 32.6 Å². The summed E-state index contributed by atoms with van der Waals surface area (Å²) in [6, 6.07) is -0.425. The number of amides is 1. The topological polar surface area (TPSA) is 66.4 Å². The molecular formula is C13H19NO3. The molecule has 4 nitrogen and oxygen atoms in total. The van der Waals surface area contributed by atoms with Crippen LogP contribution in [0.25, 0.3) is 0 Å². The van der Waals surface area contributed by atoms with Crippen molar-refractivity contribution in [2.45, 2.75) is 33.2 Å². The summed E-state index contributed by atoms with van der Waals surface area (Å²) in [5, 5.41) is 11.3. The Morgan fingerprint density at radius 3 is 2.53 bits per heavy atom. The lowest BCUT2D eigenvalue weighted by molar-refractivity contribution is -0.137. The third-order valence-electron chi connectivity index (χ3n) is 2.21. The molecule has 0 radical (unpaired) electrons. The molecule has 1 heterocycles. The minimum atomic E-state index is -0.931. The molecule has 0 aromatic carbocycles. The first kappa shape index (κ1) is 15.2. The Bertz CT molecular complexity index is 367. The molecule has 1 rings (SSSR count). The lowest BCUT2D eigenvalue weighted by Crippen LogP contribution is -2.28. The van der Waals surface area contributed by atoms with Crippen LogP contribution in [0.1, 0.15) is 27.2 Å². The monoisotopic (exact) mass is 237 g/mol. The number of carbonyl (C=O) groups excluding carboxylic acids is 1. The molecular weight excluding hydrogens is 218 g/mol. The van der Waals surface area contributed by atoms with Gasteiger partial charge in [0.2, 0.25) is 0 Å². The van der Waals surface area contributed by atoms with Gasteiger partial charge >= 0.3 is 5.97 Å². The highest BCUT2D eigenvalue weighted by Gasteiger charge is 2.32. The average molecular weight is 237 g/mol. The third-order valence-corrected chi connectivity index (χ3v) is 2.21.